The summed E-state index contributed by atoms with van der Waals surface area (Å²) in [5.41, 5.74) is 2.76. The van der Waals surface area contributed by atoms with Gasteiger partial charge >= 0.3 is 0 Å². The Balaban J connectivity index is 1.42. The van der Waals surface area contributed by atoms with Crippen molar-refractivity contribution in [3.05, 3.63) is 47.8 Å². The van der Waals surface area contributed by atoms with Crippen molar-refractivity contribution in [1.82, 2.24) is 19.4 Å². The average Bonchev–Trinajstić information content (AvgIpc) is 3.21. The molecular weight excluding hydrogens is 340 g/mol. The number of piperidine rings is 1. The van der Waals surface area contributed by atoms with Gasteiger partial charge in [0.15, 0.2) is 0 Å². The maximum Gasteiger partial charge on any atom is 0.257 e. The van der Waals surface area contributed by atoms with Gasteiger partial charge in [0.05, 0.1) is 17.3 Å². The molecule has 142 valence electrons. The summed E-state index contributed by atoms with van der Waals surface area (Å²) in [7, 11) is 0. The molecule has 0 atom stereocenters. The molecule has 0 N–H and O–H groups in total. The highest BCUT2D eigenvalue weighted by Crippen LogP contribution is 2.41. The van der Waals surface area contributed by atoms with Gasteiger partial charge in [0.1, 0.15) is 0 Å². The van der Waals surface area contributed by atoms with Crippen LogP contribution in [0.2, 0.25) is 0 Å². The number of carbonyl (C=O) groups excluding carboxylic acids is 2. The predicted molar refractivity (Wildman–Crippen MR) is 103 cm³/mol. The topological polar surface area (TPSA) is 57.9 Å². The molecule has 2 amide bonds. The van der Waals surface area contributed by atoms with Crippen LogP contribution in [0.1, 0.15) is 43.5 Å². The van der Waals surface area contributed by atoms with Crippen LogP contribution in [0.25, 0.3) is 5.52 Å². The van der Waals surface area contributed by atoms with Crippen LogP contribution in [-0.4, -0.2) is 57.4 Å². The second-order valence-corrected chi connectivity index (χ2v) is 8.11. The molecule has 2 saturated heterocycles. The second-order valence-electron chi connectivity index (χ2n) is 8.11. The van der Waals surface area contributed by atoms with E-state index in [-0.39, 0.29) is 17.2 Å². The van der Waals surface area contributed by atoms with Crippen molar-refractivity contribution in [3.8, 4) is 0 Å². The van der Waals surface area contributed by atoms with Gasteiger partial charge in [0.2, 0.25) is 5.91 Å². The molecule has 0 radical (unpaired) electrons. The summed E-state index contributed by atoms with van der Waals surface area (Å²) < 4.78 is 1.73. The standard InChI is InChI=1S/C21H26N4O2/c1-16(2)6-10-24-15-21(13-19(24)26)7-11-23(12-8-21)20(27)17-14-22-25-9-4-3-5-18(17)25/h3-6,9,14H,7-8,10-13,15H2,1-2H3. The zero-order valence-electron chi connectivity index (χ0n) is 16.0. The maximum absolute atomic E-state index is 13.0. The smallest absolute Gasteiger partial charge is 0.257 e. The molecule has 6 heteroatoms. The molecule has 1 spiro atoms. The number of rotatable bonds is 3. The van der Waals surface area contributed by atoms with Crippen LogP contribution < -0.4 is 0 Å². The molecule has 2 aliphatic rings. The van der Waals surface area contributed by atoms with Gasteiger partial charge in [-0.2, -0.15) is 5.10 Å². The van der Waals surface area contributed by atoms with Crippen LogP contribution in [0.15, 0.2) is 42.2 Å². The lowest BCUT2D eigenvalue weighted by molar-refractivity contribution is -0.127. The van der Waals surface area contributed by atoms with Crippen molar-refractivity contribution in [3.63, 3.8) is 0 Å². The molecule has 0 unspecified atom stereocenters. The lowest BCUT2D eigenvalue weighted by Gasteiger charge is -2.38. The van der Waals surface area contributed by atoms with Crippen molar-refractivity contribution in [2.24, 2.45) is 5.41 Å². The van der Waals surface area contributed by atoms with Gasteiger partial charge < -0.3 is 9.80 Å². The highest BCUT2D eigenvalue weighted by molar-refractivity contribution is 6.00. The van der Waals surface area contributed by atoms with Crippen LogP contribution in [0.3, 0.4) is 0 Å². The third-order valence-corrected chi connectivity index (χ3v) is 5.89. The Hall–Kier alpha value is -2.63. The Morgan fingerprint density at radius 1 is 1.26 bits per heavy atom. The first kappa shape index (κ1) is 17.8. The third kappa shape index (κ3) is 3.36. The summed E-state index contributed by atoms with van der Waals surface area (Å²) >= 11 is 0. The maximum atomic E-state index is 13.0. The summed E-state index contributed by atoms with van der Waals surface area (Å²) in [6, 6.07) is 5.74. The first-order valence-electron chi connectivity index (χ1n) is 9.60. The Morgan fingerprint density at radius 3 is 2.78 bits per heavy atom. The number of likely N-dealkylation sites (tertiary alicyclic amines) is 2. The Morgan fingerprint density at radius 2 is 2.04 bits per heavy atom. The Kier molecular flexibility index (Phi) is 4.50. The van der Waals surface area contributed by atoms with Gasteiger partial charge in [-0.25, -0.2) is 4.52 Å². The van der Waals surface area contributed by atoms with Gasteiger partial charge in [-0.1, -0.05) is 17.7 Å². The van der Waals surface area contributed by atoms with Gasteiger partial charge in [-0.3, -0.25) is 9.59 Å². The fourth-order valence-corrected chi connectivity index (χ4v) is 4.23. The highest BCUT2D eigenvalue weighted by Gasteiger charge is 2.45. The average molecular weight is 366 g/mol. The molecule has 2 aliphatic heterocycles. The van der Waals surface area contributed by atoms with Crippen molar-refractivity contribution >= 4 is 17.3 Å². The van der Waals surface area contributed by atoms with E-state index in [2.05, 4.69) is 25.0 Å². The predicted octanol–water partition coefficient (Wildman–Crippen LogP) is 2.76. The lowest BCUT2D eigenvalue weighted by atomic mass is 9.77. The van der Waals surface area contributed by atoms with Gasteiger partial charge in [-0.05, 0) is 38.8 Å². The van der Waals surface area contributed by atoms with E-state index in [1.54, 1.807) is 10.7 Å². The molecule has 4 heterocycles. The molecule has 0 aromatic carbocycles. The fraction of sp³-hybridized carbons (Fsp3) is 0.476. The largest absolute Gasteiger partial charge is 0.338 e. The number of pyridine rings is 1. The minimum absolute atomic E-state index is 0.0322. The molecule has 6 nitrogen and oxygen atoms in total. The second kappa shape index (κ2) is 6.83. The van der Waals surface area contributed by atoms with E-state index in [0.29, 0.717) is 31.6 Å². The van der Waals surface area contributed by atoms with E-state index >= 15 is 0 Å². The molecule has 0 bridgehead atoms. The van der Waals surface area contributed by atoms with Crippen molar-refractivity contribution in [2.45, 2.75) is 33.1 Å². The number of fused-ring (bicyclic) bond motifs is 1. The number of nitrogens with zero attached hydrogens (tertiary/aromatic N) is 4. The van der Waals surface area contributed by atoms with E-state index in [1.165, 1.54) is 5.57 Å². The number of aromatic nitrogens is 2. The number of hydrogen-bond acceptors (Lipinski definition) is 3. The quantitative estimate of drug-likeness (QED) is 0.785. The molecule has 0 aliphatic carbocycles. The number of hydrogen-bond donors (Lipinski definition) is 0. The Labute approximate surface area is 159 Å². The first-order valence-corrected chi connectivity index (χ1v) is 9.60. The van der Waals surface area contributed by atoms with Crippen molar-refractivity contribution in [1.29, 1.82) is 0 Å². The van der Waals surface area contributed by atoms with E-state index in [4.69, 9.17) is 0 Å². The SMILES string of the molecule is CC(C)=CCN1CC2(CCN(C(=O)c3cnn4ccccc34)CC2)CC1=O. The molecule has 2 aromatic heterocycles. The number of amides is 2. The number of allylic oxidation sites excluding steroid dienone is 1. The fourth-order valence-electron chi connectivity index (χ4n) is 4.23. The van der Waals surface area contributed by atoms with Crippen LogP contribution in [0.4, 0.5) is 0 Å². The minimum Gasteiger partial charge on any atom is -0.338 e. The van der Waals surface area contributed by atoms with Gasteiger partial charge in [0.25, 0.3) is 5.91 Å². The molecule has 2 aromatic rings. The van der Waals surface area contributed by atoms with E-state index in [9.17, 15) is 9.59 Å². The monoisotopic (exact) mass is 366 g/mol. The normalized spacial score (nSPS) is 19.1. The lowest BCUT2D eigenvalue weighted by Crippen LogP contribution is -2.44. The highest BCUT2D eigenvalue weighted by atomic mass is 16.2. The Bertz CT molecular complexity index is 902. The molecule has 0 saturated carbocycles. The minimum atomic E-state index is 0.0322. The van der Waals surface area contributed by atoms with Crippen LogP contribution in [0, 0.1) is 5.41 Å². The first-order chi connectivity index (χ1) is 13.0. The van der Waals surface area contributed by atoms with E-state index < -0.39 is 0 Å². The van der Waals surface area contributed by atoms with E-state index in [0.717, 1.165) is 24.9 Å². The summed E-state index contributed by atoms with van der Waals surface area (Å²) in [5, 5.41) is 4.27. The molecular formula is C21H26N4O2. The number of carbonyl (C=O) groups is 2. The molecule has 2 fully saturated rings. The van der Waals surface area contributed by atoms with Crippen LogP contribution in [0.5, 0.6) is 0 Å². The zero-order chi connectivity index (χ0) is 19.0. The summed E-state index contributed by atoms with van der Waals surface area (Å²) in [5.74, 6) is 0.284. The summed E-state index contributed by atoms with van der Waals surface area (Å²) in [4.78, 5) is 29.3. The summed E-state index contributed by atoms with van der Waals surface area (Å²) in [6.07, 6.45) is 8.00. The van der Waals surface area contributed by atoms with Crippen LogP contribution in [-0.2, 0) is 4.79 Å². The summed E-state index contributed by atoms with van der Waals surface area (Å²) in [6.45, 7) is 7.03. The van der Waals surface area contributed by atoms with Crippen molar-refractivity contribution < 1.29 is 9.59 Å². The third-order valence-electron chi connectivity index (χ3n) is 5.89. The van der Waals surface area contributed by atoms with E-state index in [1.807, 2.05) is 34.2 Å². The van der Waals surface area contributed by atoms with Gasteiger partial charge in [-0.15, -0.1) is 0 Å². The zero-order valence-corrected chi connectivity index (χ0v) is 16.0. The molecule has 4 rings (SSSR count). The van der Waals surface area contributed by atoms with Gasteiger partial charge in [0, 0.05) is 44.2 Å². The van der Waals surface area contributed by atoms with Crippen molar-refractivity contribution in [2.75, 3.05) is 26.2 Å². The van der Waals surface area contributed by atoms with Crippen LogP contribution >= 0.6 is 0 Å². The molecule has 27 heavy (non-hydrogen) atoms.